The number of para-hydroxylation sites is 1. The Hall–Kier alpha value is -3.09. The molecule has 0 radical (unpaired) electrons. The van der Waals surface area contributed by atoms with Crippen LogP contribution in [0, 0.1) is 5.82 Å². The van der Waals surface area contributed by atoms with Crippen molar-refractivity contribution in [2.45, 2.75) is 6.54 Å². The van der Waals surface area contributed by atoms with Gasteiger partial charge in [0.05, 0.1) is 7.11 Å². The molecular weight excluding hydrogens is 329 g/mol. The first-order valence-corrected chi connectivity index (χ1v) is 7.51. The highest BCUT2D eigenvalue weighted by molar-refractivity contribution is 5.80. The second-order valence-corrected chi connectivity index (χ2v) is 5.00. The molecular formula is C18H18FNO5. The molecule has 0 saturated carbocycles. The van der Waals surface area contributed by atoms with Gasteiger partial charge in [-0.1, -0.05) is 24.3 Å². The van der Waals surface area contributed by atoms with Crippen LogP contribution in [0.2, 0.25) is 0 Å². The molecule has 0 atom stereocenters. The van der Waals surface area contributed by atoms with E-state index in [1.165, 1.54) is 18.2 Å². The van der Waals surface area contributed by atoms with Crippen LogP contribution >= 0.6 is 0 Å². The fraction of sp³-hybridized carbons (Fsp3) is 0.222. The summed E-state index contributed by atoms with van der Waals surface area (Å²) in [7, 11) is 1.57. The zero-order valence-corrected chi connectivity index (χ0v) is 13.7. The zero-order valence-electron chi connectivity index (χ0n) is 13.7. The number of carbonyl (C=O) groups excluding carboxylic acids is 2. The van der Waals surface area contributed by atoms with Gasteiger partial charge in [0, 0.05) is 6.54 Å². The topological polar surface area (TPSA) is 73.9 Å². The minimum atomic E-state index is -0.761. The van der Waals surface area contributed by atoms with E-state index in [2.05, 4.69) is 5.32 Å². The van der Waals surface area contributed by atoms with E-state index in [0.717, 1.165) is 11.3 Å². The molecule has 25 heavy (non-hydrogen) atoms. The van der Waals surface area contributed by atoms with Crippen molar-refractivity contribution in [3.63, 3.8) is 0 Å². The lowest BCUT2D eigenvalue weighted by Gasteiger charge is -2.08. The minimum Gasteiger partial charge on any atom is -0.497 e. The maximum Gasteiger partial charge on any atom is 0.344 e. The third-order valence-electron chi connectivity index (χ3n) is 3.20. The molecule has 0 bridgehead atoms. The van der Waals surface area contributed by atoms with Crippen LogP contribution in [0.15, 0.2) is 48.5 Å². The predicted molar refractivity (Wildman–Crippen MR) is 87.7 cm³/mol. The molecule has 0 aliphatic carbocycles. The summed E-state index contributed by atoms with van der Waals surface area (Å²) in [5.41, 5.74) is 0.878. The Morgan fingerprint density at radius 1 is 1.04 bits per heavy atom. The van der Waals surface area contributed by atoms with E-state index < -0.39 is 30.9 Å². The van der Waals surface area contributed by atoms with E-state index >= 15 is 0 Å². The largest absolute Gasteiger partial charge is 0.497 e. The summed E-state index contributed by atoms with van der Waals surface area (Å²) < 4.78 is 28.1. The quantitative estimate of drug-likeness (QED) is 0.740. The van der Waals surface area contributed by atoms with Gasteiger partial charge < -0.3 is 19.5 Å². The molecule has 0 saturated heterocycles. The minimum absolute atomic E-state index is 0.0524. The lowest BCUT2D eigenvalue weighted by molar-refractivity contribution is -0.150. The van der Waals surface area contributed by atoms with Crippen molar-refractivity contribution in [1.82, 2.24) is 5.32 Å². The summed E-state index contributed by atoms with van der Waals surface area (Å²) in [5.74, 6) is -1.12. The number of hydrogen-bond donors (Lipinski definition) is 1. The number of nitrogens with one attached hydrogen (secondary N) is 1. The van der Waals surface area contributed by atoms with Crippen LogP contribution in [0.5, 0.6) is 11.5 Å². The second-order valence-electron chi connectivity index (χ2n) is 5.00. The fourth-order valence-electron chi connectivity index (χ4n) is 1.88. The van der Waals surface area contributed by atoms with Gasteiger partial charge in [-0.05, 0) is 29.8 Å². The Morgan fingerprint density at radius 3 is 2.44 bits per heavy atom. The fourth-order valence-corrected chi connectivity index (χ4v) is 1.88. The van der Waals surface area contributed by atoms with Crippen molar-refractivity contribution < 1.29 is 28.2 Å². The lowest BCUT2D eigenvalue weighted by Crippen LogP contribution is -2.29. The molecule has 0 unspecified atom stereocenters. The molecule has 2 rings (SSSR count). The molecule has 2 aromatic rings. The van der Waals surface area contributed by atoms with Crippen LogP contribution < -0.4 is 14.8 Å². The number of benzene rings is 2. The normalized spacial score (nSPS) is 10.0. The Morgan fingerprint density at radius 2 is 1.76 bits per heavy atom. The van der Waals surface area contributed by atoms with E-state index in [1.54, 1.807) is 25.3 Å². The maximum atomic E-state index is 13.3. The molecule has 6 nitrogen and oxygen atoms in total. The molecule has 1 amide bonds. The molecule has 0 fully saturated rings. The van der Waals surface area contributed by atoms with Gasteiger partial charge in [0.2, 0.25) is 0 Å². The number of rotatable bonds is 8. The average Bonchev–Trinajstić information content (AvgIpc) is 2.64. The maximum absolute atomic E-state index is 13.3. The first kappa shape index (κ1) is 18.3. The smallest absolute Gasteiger partial charge is 0.344 e. The highest BCUT2D eigenvalue weighted by Crippen LogP contribution is 2.15. The Bertz CT molecular complexity index is 718. The molecule has 0 aliphatic heterocycles. The molecule has 7 heteroatoms. The van der Waals surface area contributed by atoms with Gasteiger partial charge in [-0.3, -0.25) is 4.79 Å². The van der Waals surface area contributed by atoms with E-state index in [9.17, 15) is 14.0 Å². The Labute approximate surface area is 144 Å². The summed E-state index contributed by atoms with van der Waals surface area (Å²) in [6.07, 6.45) is 0. The first-order valence-electron chi connectivity index (χ1n) is 7.51. The van der Waals surface area contributed by atoms with Gasteiger partial charge in [0.25, 0.3) is 5.91 Å². The highest BCUT2D eigenvalue weighted by Gasteiger charge is 2.10. The number of carbonyl (C=O) groups is 2. The third kappa shape index (κ3) is 6.14. The van der Waals surface area contributed by atoms with Crippen LogP contribution in [0.25, 0.3) is 0 Å². The second kappa shape index (κ2) is 9.27. The summed E-state index contributed by atoms with van der Waals surface area (Å²) in [4.78, 5) is 23.2. The van der Waals surface area contributed by atoms with E-state index in [0.29, 0.717) is 6.54 Å². The average molecular weight is 347 g/mol. The number of hydrogen-bond acceptors (Lipinski definition) is 5. The van der Waals surface area contributed by atoms with Crippen molar-refractivity contribution in [1.29, 1.82) is 0 Å². The van der Waals surface area contributed by atoms with Crippen LogP contribution in [0.3, 0.4) is 0 Å². The van der Waals surface area contributed by atoms with Crippen molar-refractivity contribution in [3.8, 4) is 11.5 Å². The summed E-state index contributed by atoms with van der Waals surface area (Å²) in [5, 5.41) is 2.62. The van der Waals surface area contributed by atoms with E-state index in [-0.39, 0.29) is 5.75 Å². The van der Waals surface area contributed by atoms with Crippen LogP contribution in [0.1, 0.15) is 5.56 Å². The molecule has 132 valence electrons. The van der Waals surface area contributed by atoms with Crippen molar-refractivity contribution >= 4 is 11.9 Å². The van der Waals surface area contributed by atoms with Crippen LogP contribution in [-0.4, -0.2) is 32.2 Å². The Kier molecular flexibility index (Phi) is 6.76. The predicted octanol–water partition coefficient (Wildman–Crippen LogP) is 2.07. The van der Waals surface area contributed by atoms with E-state index in [1.807, 2.05) is 12.1 Å². The van der Waals surface area contributed by atoms with E-state index in [4.69, 9.17) is 14.2 Å². The monoisotopic (exact) mass is 347 g/mol. The highest BCUT2D eigenvalue weighted by atomic mass is 19.1. The van der Waals surface area contributed by atoms with Crippen LogP contribution in [-0.2, 0) is 20.9 Å². The summed E-state index contributed by atoms with van der Waals surface area (Å²) >= 11 is 0. The standard InChI is InChI=1S/C18H18FNO5/c1-23-14-8-6-13(7-9-14)10-20-17(21)11-25-18(22)12-24-16-5-3-2-4-15(16)19/h2-9H,10-12H2,1H3,(H,20,21). The van der Waals surface area contributed by atoms with Gasteiger partial charge in [0.1, 0.15) is 5.75 Å². The third-order valence-corrected chi connectivity index (χ3v) is 3.20. The molecule has 2 aromatic carbocycles. The van der Waals surface area contributed by atoms with Crippen molar-refractivity contribution in [3.05, 3.63) is 59.9 Å². The van der Waals surface area contributed by atoms with Gasteiger partial charge in [-0.2, -0.15) is 0 Å². The Balaban J connectivity index is 1.66. The number of methoxy groups -OCH3 is 1. The number of ether oxygens (including phenoxy) is 3. The molecule has 0 spiro atoms. The summed E-state index contributed by atoms with van der Waals surface area (Å²) in [6, 6.07) is 12.9. The molecule has 1 N–H and O–H groups in total. The SMILES string of the molecule is COc1ccc(CNC(=O)COC(=O)COc2ccccc2F)cc1. The zero-order chi connectivity index (χ0) is 18.1. The lowest BCUT2D eigenvalue weighted by atomic mass is 10.2. The van der Waals surface area contributed by atoms with Crippen molar-refractivity contribution in [2.24, 2.45) is 0 Å². The number of amides is 1. The van der Waals surface area contributed by atoms with Gasteiger partial charge >= 0.3 is 5.97 Å². The molecule has 0 aromatic heterocycles. The van der Waals surface area contributed by atoms with Crippen LogP contribution in [0.4, 0.5) is 4.39 Å². The number of esters is 1. The van der Waals surface area contributed by atoms with Gasteiger partial charge in [-0.15, -0.1) is 0 Å². The van der Waals surface area contributed by atoms with Gasteiger partial charge in [0.15, 0.2) is 24.8 Å². The first-order chi connectivity index (χ1) is 12.1. The van der Waals surface area contributed by atoms with Crippen molar-refractivity contribution in [2.75, 3.05) is 20.3 Å². The molecule has 0 aliphatic rings. The molecule has 0 heterocycles. The van der Waals surface area contributed by atoms with Gasteiger partial charge in [-0.25, -0.2) is 9.18 Å². The summed E-state index contributed by atoms with van der Waals surface area (Å²) in [6.45, 7) is -0.617. The number of halogens is 1.